The number of imidazole rings is 1. The lowest BCUT2D eigenvalue weighted by atomic mass is 10.1. The molecule has 0 amide bonds. The van der Waals surface area contributed by atoms with Crippen molar-refractivity contribution in [1.82, 2.24) is 9.13 Å². The van der Waals surface area contributed by atoms with Crippen LogP contribution in [0.3, 0.4) is 0 Å². The number of nitrogens with zero attached hydrogens (tertiary/aromatic N) is 2. The van der Waals surface area contributed by atoms with Gasteiger partial charge in [0.2, 0.25) is 0 Å². The van der Waals surface area contributed by atoms with Crippen LogP contribution in [-0.2, 0) is 19.5 Å². The summed E-state index contributed by atoms with van der Waals surface area (Å²) in [6.07, 6.45) is 4.83. The number of benzene rings is 1. The van der Waals surface area contributed by atoms with E-state index in [1.54, 1.807) is 4.57 Å². The van der Waals surface area contributed by atoms with E-state index in [2.05, 4.69) is 24.3 Å². The van der Waals surface area contributed by atoms with Crippen LogP contribution in [-0.4, -0.2) is 14.4 Å². The van der Waals surface area contributed by atoms with E-state index >= 15 is 0 Å². The number of aryl methyl sites for hydroxylation is 1. The first kappa shape index (κ1) is 11.7. The minimum Gasteiger partial charge on any atom is -0.300 e. The van der Waals surface area contributed by atoms with Crippen LogP contribution in [0.15, 0.2) is 46.3 Å². The molecule has 1 aliphatic rings. The highest BCUT2D eigenvalue weighted by molar-refractivity contribution is 8.00. The summed E-state index contributed by atoms with van der Waals surface area (Å²) in [5.74, 6) is 0. The van der Waals surface area contributed by atoms with Crippen LogP contribution in [0, 0.1) is 0 Å². The lowest BCUT2D eigenvalue weighted by Crippen LogP contribution is -2.27. The van der Waals surface area contributed by atoms with Crippen molar-refractivity contribution < 1.29 is 0 Å². The third kappa shape index (κ3) is 2.01. The SMILES string of the molecule is CCn1ccn(CC2Cc3ccccc3S2)c1=O. The molecule has 3 nitrogen and oxygen atoms in total. The summed E-state index contributed by atoms with van der Waals surface area (Å²) in [5, 5.41) is 0.479. The Bertz CT molecular complexity index is 589. The Labute approximate surface area is 110 Å². The summed E-state index contributed by atoms with van der Waals surface area (Å²) in [4.78, 5) is 13.3. The predicted octanol–water partition coefficient (Wildman–Crippen LogP) is 2.39. The van der Waals surface area contributed by atoms with Crippen LogP contribution in [0.25, 0.3) is 0 Å². The van der Waals surface area contributed by atoms with E-state index in [1.165, 1.54) is 10.5 Å². The van der Waals surface area contributed by atoms with Gasteiger partial charge < -0.3 is 0 Å². The van der Waals surface area contributed by atoms with Crippen molar-refractivity contribution >= 4 is 11.8 Å². The highest BCUT2D eigenvalue weighted by Gasteiger charge is 2.22. The lowest BCUT2D eigenvalue weighted by molar-refractivity contribution is 0.610. The van der Waals surface area contributed by atoms with E-state index in [0.29, 0.717) is 5.25 Å². The van der Waals surface area contributed by atoms with Gasteiger partial charge in [-0.2, -0.15) is 0 Å². The van der Waals surface area contributed by atoms with Crippen molar-refractivity contribution in [3.8, 4) is 0 Å². The molecular weight excluding hydrogens is 244 g/mol. The molecule has 0 N–H and O–H groups in total. The molecule has 94 valence electrons. The summed E-state index contributed by atoms with van der Waals surface area (Å²) in [6.45, 7) is 3.53. The molecule has 0 bridgehead atoms. The molecule has 18 heavy (non-hydrogen) atoms. The number of rotatable bonds is 3. The molecule has 1 unspecified atom stereocenters. The second-order valence-corrected chi connectivity index (χ2v) is 5.91. The van der Waals surface area contributed by atoms with E-state index in [1.807, 2.05) is 35.6 Å². The quantitative estimate of drug-likeness (QED) is 0.847. The summed E-state index contributed by atoms with van der Waals surface area (Å²) < 4.78 is 3.57. The van der Waals surface area contributed by atoms with Gasteiger partial charge >= 0.3 is 5.69 Å². The fourth-order valence-electron chi connectivity index (χ4n) is 2.41. The molecule has 0 saturated carbocycles. The number of hydrogen-bond acceptors (Lipinski definition) is 2. The second kappa shape index (κ2) is 4.69. The molecule has 0 aliphatic carbocycles. The molecule has 1 aromatic carbocycles. The van der Waals surface area contributed by atoms with Crippen LogP contribution in [0.4, 0.5) is 0 Å². The summed E-state index contributed by atoms with van der Waals surface area (Å²) in [6, 6.07) is 8.51. The summed E-state index contributed by atoms with van der Waals surface area (Å²) >= 11 is 1.89. The van der Waals surface area contributed by atoms with Gasteiger partial charge in [-0.3, -0.25) is 9.13 Å². The highest BCUT2D eigenvalue weighted by atomic mass is 32.2. The zero-order valence-corrected chi connectivity index (χ0v) is 11.2. The van der Waals surface area contributed by atoms with Gasteiger partial charge in [-0.25, -0.2) is 4.79 Å². The number of fused-ring (bicyclic) bond motifs is 1. The Morgan fingerprint density at radius 3 is 2.78 bits per heavy atom. The van der Waals surface area contributed by atoms with Crippen molar-refractivity contribution in [3.63, 3.8) is 0 Å². The van der Waals surface area contributed by atoms with Gasteiger partial charge in [0, 0.05) is 35.6 Å². The van der Waals surface area contributed by atoms with Crippen molar-refractivity contribution in [2.24, 2.45) is 0 Å². The molecule has 0 saturated heterocycles. The zero-order chi connectivity index (χ0) is 12.5. The number of aromatic nitrogens is 2. The monoisotopic (exact) mass is 260 g/mol. The fourth-order valence-corrected chi connectivity index (χ4v) is 3.73. The number of thioether (sulfide) groups is 1. The maximum Gasteiger partial charge on any atom is 0.328 e. The lowest BCUT2D eigenvalue weighted by Gasteiger charge is -2.08. The molecule has 1 aliphatic heterocycles. The zero-order valence-electron chi connectivity index (χ0n) is 10.4. The molecule has 1 aromatic heterocycles. The van der Waals surface area contributed by atoms with E-state index < -0.39 is 0 Å². The summed E-state index contributed by atoms with van der Waals surface area (Å²) in [5.41, 5.74) is 1.52. The second-order valence-electron chi connectivity index (χ2n) is 4.57. The Kier molecular flexibility index (Phi) is 3.04. The van der Waals surface area contributed by atoms with Crippen molar-refractivity contribution in [2.45, 2.75) is 36.6 Å². The van der Waals surface area contributed by atoms with E-state index in [-0.39, 0.29) is 5.69 Å². The maximum absolute atomic E-state index is 12.0. The van der Waals surface area contributed by atoms with Gasteiger partial charge in [0.1, 0.15) is 0 Å². The molecular formula is C14H16N2OS. The van der Waals surface area contributed by atoms with Gasteiger partial charge in [-0.15, -0.1) is 11.8 Å². The van der Waals surface area contributed by atoms with Crippen molar-refractivity contribution in [3.05, 3.63) is 52.7 Å². The van der Waals surface area contributed by atoms with E-state index in [4.69, 9.17) is 0 Å². The van der Waals surface area contributed by atoms with Crippen LogP contribution in [0.2, 0.25) is 0 Å². The Hall–Kier alpha value is -1.42. The van der Waals surface area contributed by atoms with E-state index in [0.717, 1.165) is 19.5 Å². The van der Waals surface area contributed by atoms with Crippen molar-refractivity contribution in [1.29, 1.82) is 0 Å². The van der Waals surface area contributed by atoms with Gasteiger partial charge in [-0.05, 0) is 25.0 Å². The molecule has 1 atom stereocenters. The third-order valence-corrected chi connectivity index (χ3v) is 4.67. The molecule has 0 spiro atoms. The Morgan fingerprint density at radius 2 is 2.06 bits per heavy atom. The first-order valence-corrected chi connectivity index (χ1v) is 7.16. The standard InChI is InChI=1S/C14H16N2OS/c1-2-15-7-8-16(14(15)17)10-12-9-11-5-3-4-6-13(11)18-12/h3-8,12H,2,9-10H2,1H3. The first-order chi connectivity index (χ1) is 8.78. The maximum atomic E-state index is 12.0. The largest absolute Gasteiger partial charge is 0.328 e. The molecule has 0 fully saturated rings. The predicted molar refractivity (Wildman–Crippen MR) is 74.2 cm³/mol. The molecule has 2 aromatic rings. The average Bonchev–Trinajstić information content (AvgIpc) is 2.94. The highest BCUT2D eigenvalue weighted by Crippen LogP contribution is 2.37. The summed E-state index contributed by atoms with van der Waals surface area (Å²) in [7, 11) is 0. The third-order valence-electron chi connectivity index (χ3n) is 3.37. The van der Waals surface area contributed by atoms with Gasteiger partial charge in [-0.1, -0.05) is 18.2 Å². The van der Waals surface area contributed by atoms with Crippen LogP contribution >= 0.6 is 11.8 Å². The van der Waals surface area contributed by atoms with Crippen LogP contribution in [0.5, 0.6) is 0 Å². The fraction of sp³-hybridized carbons (Fsp3) is 0.357. The normalized spacial score (nSPS) is 17.9. The Balaban J connectivity index is 1.76. The van der Waals surface area contributed by atoms with Gasteiger partial charge in [0.05, 0.1) is 0 Å². The Morgan fingerprint density at radius 1 is 1.28 bits per heavy atom. The molecule has 4 heteroatoms. The van der Waals surface area contributed by atoms with Gasteiger partial charge in [0.15, 0.2) is 0 Å². The van der Waals surface area contributed by atoms with Crippen LogP contribution in [0.1, 0.15) is 12.5 Å². The number of hydrogen-bond donors (Lipinski definition) is 0. The minimum absolute atomic E-state index is 0.106. The molecule has 0 radical (unpaired) electrons. The minimum atomic E-state index is 0.106. The van der Waals surface area contributed by atoms with E-state index in [9.17, 15) is 4.79 Å². The average molecular weight is 260 g/mol. The first-order valence-electron chi connectivity index (χ1n) is 6.28. The molecule has 2 heterocycles. The smallest absolute Gasteiger partial charge is 0.300 e. The van der Waals surface area contributed by atoms with Gasteiger partial charge in [0.25, 0.3) is 0 Å². The topological polar surface area (TPSA) is 26.9 Å². The van der Waals surface area contributed by atoms with Crippen LogP contribution < -0.4 is 5.69 Å². The van der Waals surface area contributed by atoms with Crippen molar-refractivity contribution in [2.75, 3.05) is 0 Å². The molecule has 3 rings (SSSR count).